The first kappa shape index (κ1) is 10.8. The highest BCUT2D eigenvalue weighted by Gasteiger charge is 2.12. The first-order valence-corrected chi connectivity index (χ1v) is 4.66. The molecule has 0 amide bonds. The third-order valence-corrected chi connectivity index (χ3v) is 1.50. The second kappa shape index (κ2) is 4.66. The molecule has 0 bridgehead atoms. The maximum Gasteiger partial charge on any atom is 0.399 e. The molecule has 2 N–H and O–H groups in total. The minimum absolute atomic E-state index is 0.205. The molecule has 5 nitrogen and oxygen atoms in total. The Labute approximate surface area is 65.9 Å². The molecule has 0 aromatic rings. The number of aliphatic hydroxyl groups excluding tert-OH is 1. The maximum atomic E-state index is 9.98. The summed E-state index contributed by atoms with van der Waals surface area (Å²) in [6.45, 7) is 1.89. The molecule has 0 aromatic carbocycles. The fourth-order valence-electron chi connectivity index (χ4n) is 0.567. The molecular weight excluding hydrogens is 172 g/mol. The fraction of sp³-hybridized carbons (Fsp3) is 1.00. The minimum Gasteiger partial charge on any atom is -0.367 e. The lowest BCUT2D eigenvalue weighted by atomic mass is 10.2. The molecule has 0 heterocycles. The molecule has 0 aliphatic rings. The van der Waals surface area contributed by atoms with Gasteiger partial charge in [0.25, 0.3) is 0 Å². The number of rotatable bonds is 5. The highest BCUT2D eigenvalue weighted by molar-refractivity contribution is 7.80. The van der Waals surface area contributed by atoms with Crippen LogP contribution in [0.3, 0.4) is 0 Å². The minimum atomic E-state index is -4.50. The van der Waals surface area contributed by atoms with Gasteiger partial charge in [0.1, 0.15) is 0 Å². The van der Waals surface area contributed by atoms with Crippen LogP contribution in [-0.2, 0) is 14.6 Å². The van der Waals surface area contributed by atoms with Crippen LogP contribution in [0.25, 0.3) is 0 Å². The highest BCUT2D eigenvalue weighted by atomic mass is 32.3. The Bertz CT molecular complexity index is 185. The van der Waals surface area contributed by atoms with E-state index in [2.05, 4.69) is 4.18 Å². The van der Waals surface area contributed by atoms with Crippen molar-refractivity contribution in [3.8, 4) is 0 Å². The molecule has 11 heavy (non-hydrogen) atoms. The summed E-state index contributed by atoms with van der Waals surface area (Å²) in [5.74, 6) is 0. The fourth-order valence-corrected chi connectivity index (χ4v) is 0.944. The van der Waals surface area contributed by atoms with Gasteiger partial charge in [-0.15, -0.1) is 0 Å². The van der Waals surface area contributed by atoms with Crippen molar-refractivity contribution < 1.29 is 22.3 Å². The maximum absolute atomic E-state index is 9.98. The summed E-state index contributed by atoms with van der Waals surface area (Å²) < 4.78 is 31.9. The standard InChI is InChI=1S/C5H12O5S/c1-2-3-4-5(6)10-11(7,8)9/h5-6H,2-4H2,1H3,(H,7,8,9). The largest absolute Gasteiger partial charge is 0.399 e. The Balaban J connectivity index is 3.61. The van der Waals surface area contributed by atoms with Crippen LogP contribution in [0.15, 0.2) is 0 Å². The van der Waals surface area contributed by atoms with E-state index in [0.29, 0.717) is 6.42 Å². The molecule has 1 unspecified atom stereocenters. The van der Waals surface area contributed by atoms with Crippen LogP contribution in [0.1, 0.15) is 26.2 Å². The van der Waals surface area contributed by atoms with Gasteiger partial charge < -0.3 is 5.11 Å². The zero-order valence-corrected chi connectivity index (χ0v) is 7.04. The molecular formula is C5H12O5S. The smallest absolute Gasteiger partial charge is 0.367 e. The second-order valence-corrected chi connectivity index (χ2v) is 3.17. The molecule has 68 valence electrons. The van der Waals surface area contributed by atoms with E-state index < -0.39 is 16.7 Å². The Morgan fingerprint density at radius 3 is 2.45 bits per heavy atom. The topological polar surface area (TPSA) is 83.8 Å². The molecule has 0 aromatic heterocycles. The first-order chi connectivity index (χ1) is 4.95. The Morgan fingerprint density at radius 1 is 1.55 bits per heavy atom. The van der Waals surface area contributed by atoms with E-state index in [4.69, 9.17) is 9.66 Å². The van der Waals surface area contributed by atoms with Crippen LogP contribution < -0.4 is 0 Å². The predicted molar refractivity (Wildman–Crippen MR) is 38.2 cm³/mol. The average Bonchev–Trinajstić information content (AvgIpc) is 1.79. The van der Waals surface area contributed by atoms with Crippen LogP contribution in [0.2, 0.25) is 0 Å². The van der Waals surface area contributed by atoms with Crippen molar-refractivity contribution in [1.29, 1.82) is 0 Å². The van der Waals surface area contributed by atoms with E-state index in [1.54, 1.807) is 0 Å². The number of hydrogen-bond acceptors (Lipinski definition) is 4. The molecule has 0 radical (unpaired) electrons. The molecule has 0 saturated heterocycles. The van der Waals surface area contributed by atoms with Gasteiger partial charge in [-0.2, -0.15) is 8.42 Å². The number of hydrogen-bond donors (Lipinski definition) is 2. The Kier molecular flexibility index (Phi) is 4.58. The quantitative estimate of drug-likeness (QED) is 0.474. The van der Waals surface area contributed by atoms with Gasteiger partial charge in [-0.1, -0.05) is 13.3 Å². The summed E-state index contributed by atoms with van der Waals surface area (Å²) in [5.41, 5.74) is 0. The normalized spacial score (nSPS) is 14.8. The van der Waals surface area contributed by atoms with Crippen molar-refractivity contribution in [2.75, 3.05) is 0 Å². The summed E-state index contributed by atoms with van der Waals surface area (Å²) in [7, 11) is -4.50. The Hall–Kier alpha value is -0.170. The molecule has 6 heteroatoms. The van der Waals surface area contributed by atoms with Gasteiger partial charge in [0.2, 0.25) is 0 Å². The van der Waals surface area contributed by atoms with Crippen molar-refractivity contribution in [2.45, 2.75) is 32.5 Å². The third kappa shape index (κ3) is 7.73. The van der Waals surface area contributed by atoms with Crippen LogP contribution in [0.4, 0.5) is 0 Å². The summed E-state index contributed by atoms with van der Waals surface area (Å²) in [6, 6.07) is 0. The van der Waals surface area contributed by atoms with Gasteiger partial charge in [0, 0.05) is 0 Å². The SMILES string of the molecule is CCCCC(O)OS(=O)(=O)O. The second-order valence-electron chi connectivity index (χ2n) is 2.12. The van der Waals surface area contributed by atoms with Crippen molar-refractivity contribution in [1.82, 2.24) is 0 Å². The molecule has 0 saturated carbocycles. The van der Waals surface area contributed by atoms with E-state index in [0.717, 1.165) is 6.42 Å². The zero-order valence-electron chi connectivity index (χ0n) is 6.23. The van der Waals surface area contributed by atoms with Crippen molar-refractivity contribution in [2.24, 2.45) is 0 Å². The van der Waals surface area contributed by atoms with Crippen molar-refractivity contribution >= 4 is 10.4 Å². The molecule has 0 aliphatic carbocycles. The van der Waals surface area contributed by atoms with E-state index in [9.17, 15) is 8.42 Å². The summed E-state index contributed by atoms with van der Waals surface area (Å²) in [6.07, 6.45) is 0.253. The molecule has 1 atom stereocenters. The van der Waals surface area contributed by atoms with Crippen LogP contribution >= 0.6 is 0 Å². The lowest BCUT2D eigenvalue weighted by molar-refractivity contribution is -0.0264. The zero-order chi connectivity index (χ0) is 8.91. The van der Waals surface area contributed by atoms with E-state index >= 15 is 0 Å². The van der Waals surface area contributed by atoms with Gasteiger partial charge in [-0.25, -0.2) is 4.18 Å². The molecule has 0 rings (SSSR count). The Morgan fingerprint density at radius 2 is 2.09 bits per heavy atom. The van der Waals surface area contributed by atoms with E-state index in [1.165, 1.54) is 0 Å². The van der Waals surface area contributed by atoms with E-state index in [-0.39, 0.29) is 6.42 Å². The van der Waals surface area contributed by atoms with Crippen LogP contribution in [0, 0.1) is 0 Å². The van der Waals surface area contributed by atoms with Gasteiger partial charge in [0.05, 0.1) is 0 Å². The number of aliphatic hydroxyl groups is 1. The van der Waals surface area contributed by atoms with E-state index in [1.807, 2.05) is 6.92 Å². The van der Waals surface area contributed by atoms with Gasteiger partial charge in [0.15, 0.2) is 6.29 Å². The summed E-state index contributed by atoms with van der Waals surface area (Å²) in [4.78, 5) is 0. The highest BCUT2D eigenvalue weighted by Crippen LogP contribution is 2.03. The monoisotopic (exact) mass is 184 g/mol. The van der Waals surface area contributed by atoms with Crippen molar-refractivity contribution in [3.63, 3.8) is 0 Å². The number of unbranched alkanes of at least 4 members (excludes halogenated alkanes) is 1. The summed E-state index contributed by atoms with van der Waals surface area (Å²) >= 11 is 0. The van der Waals surface area contributed by atoms with Crippen LogP contribution in [0.5, 0.6) is 0 Å². The van der Waals surface area contributed by atoms with Gasteiger partial charge >= 0.3 is 10.4 Å². The first-order valence-electron chi connectivity index (χ1n) is 3.29. The van der Waals surface area contributed by atoms with Gasteiger partial charge in [-0.3, -0.25) is 4.55 Å². The average molecular weight is 184 g/mol. The van der Waals surface area contributed by atoms with Crippen LogP contribution in [-0.4, -0.2) is 24.4 Å². The third-order valence-electron chi connectivity index (χ3n) is 1.04. The molecule has 0 spiro atoms. The van der Waals surface area contributed by atoms with Gasteiger partial charge in [-0.05, 0) is 12.8 Å². The predicted octanol–water partition coefficient (Wildman–Crippen LogP) is 0.314. The van der Waals surface area contributed by atoms with Crippen molar-refractivity contribution in [3.05, 3.63) is 0 Å². The lowest BCUT2D eigenvalue weighted by Crippen LogP contribution is -2.16. The lowest BCUT2D eigenvalue weighted by Gasteiger charge is -2.06. The molecule has 0 fully saturated rings. The molecule has 0 aliphatic heterocycles. The summed E-state index contributed by atoms with van der Waals surface area (Å²) in [5, 5.41) is 8.75.